The smallest absolute Gasteiger partial charge is 0.340 e. The number of hydrogen-bond acceptors (Lipinski definition) is 6. The van der Waals surface area contributed by atoms with Crippen LogP contribution in [0.2, 0.25) is 0 Å². The van der Waals surface area contributed by atoms with Gasteiger partial charge < -0.3 is 20.7 Å². The number of rotatable bonds is 6. The van der Waals surface area contributed by atoms with Gasteiger partial charge in [-0.15, -0.1) is 0 Å². The lowest BCUT2D eigenvalue weighted by Gasteiger charge is -2.26. The van der Waals surface area contributed by atoms with Crippen LogP contribution in [0.5, 0.6) is 0 Å². The van der Waals surface area contributed by atoms with E-state index in [1.54, 1.807) is 17.0 Å². The van der Waals surface area contributed by atoms with Crippen LogP contribution in [-0.4, -0.2) is 23.4 Å². The summed E-state index contributed by atoms with van der Waals surface area (Å²) in [6.45, 7) is -0.0475. The van der Waals surface area contributed by atoms with E-state index in [0.29, 0.717) is 17.1 Å². The van der Waals surface area contributed by atoms with Crippen molar-refractivity contribution in [1.82, 2.24) is 4.98 Å². The number of ether oxygens (including phenoxy) is 1. The van der Waals surface area contributed by atoms with E-state index in [4.69, 9.17) is 10.5 Å². The van der Waals surface area contributed by atoms with Gasteiger partial charge in [0, 0.05) is 6.20 Å². The van der Waals surface area contributed by atoms with E-state index in [1.807, 2.05) is 30.3 Å². The summed E-state index contributed by atoms with van der Waals surface area (Å²) in [6.07, 6.45) is 0.948. The van der Waals surface area contributed by atoms with Crippen LogP contribution in [0, 0.1) is 5.82 Å². The fraction of sp³-hybridized carbons (Fsp3) is 0.136. The molecule has 2 aromatic carbocycles. The minimum atomic E-state index is -0.579. The molecule has 1 aliphatic heterocycles. The molecule has 0 saturated carbocycles. The van der Waals surface area contributed by atoms with Crippen molar-refractivity contribution in [1.29, 1.82) is 0 Å². The van der Waals surface area contributed by atoms with Crippen LogP contribution in [0.3, 0.4) is 0 Å². The van der Waals surface area contributed by atoms with Crippen LogP contribution in [0.4, 0.5) is 15.9 Å². The highest BCUT2D eigenvalue weighted by Crippen LogP contribution is 2.42. The second-order valence-corrected chi connectivity index (χ2v) is 6.81. The molecule has 152 valence electrons. The number of carbonyl (C=O) groups excluding carboxylic acids is 2. The number of nitrogens with two attached hydrogens (primary N) is 1. The number of hydrogen-bond donors (Lipinski definition) is 2. The third-order valence-electron chi connectivity index (χ3n) is 4.74. The molecule has 1 unspecified atom stereocenters. The number of esters is 1. The van der Waals surface area contributed by atoms with Crippen molar-refractivity contribution in [3.05, 3.63) is 89.4 Å². The lowest BCUT2D eigenvalue weighted by atomic mass is 10.1. The molecule has 0 saturated heterocycles. The van der Waals surface area contributed by atoms with E-state index in [1.165, 1.54) is 24.4 Å². The van der Waals surface area contributed by atoms with Crippen LogP contribution in [-0.2, 0) is 16.1 Å². The Balaban J connectivity index is 1.65. The summed E-state index contributed by atoms with van der Waals surface area (Å²) in [5.74, 6) is -1.09. The lowest BCUT2D eigenvalue weighted by molar-refractivity contribution is -0.116. The number of nitrogens with zero attached hydrogens (tertiary/aromatic N) is 2. The average molecular weight is 406 g/mol. The largest absolute Gasteiger partial charge is 0.457 e. The van der Waals surface area contributed by atoms with Crippen molar-refractivity contribution >= 4 is 23.4 Å². The van der Waals surface area contributed by atoms with Gasteiger partial charge in [-0.2, -0.15) is 0 Å². The van der Waals surface area contributed by atoms with Crippen LogP contribution in [0.1, 0.15) is 27.7 Å². The Morgan fingerprint density at radius 2 is 1.83 bits per heavy atom. The summed E-state index contributed by atoms with van der Waals surface area (Å²) >= 11 is 0. The summed E-state index contributed by atoms with van der Waals surface area (Å²) in [7, 11) is 0. The number of pyridine rings is 1. The standard InChI is InChI=1S/C22H19FN4O3/c23-16-8-6-15(7-9-16)21-26-20-19(27(21)12-18(24)28)17(10-11-25-20)22(29)30-13-14-4-2-1-3-5-14/h1-11,21H,12-13H2,(H2,24,28)(H,25,26). The molecule has 1 amide bonds. The first-order valence-electron chi connectivity index (χ1n) is 9.30. The molecule has 0 radical (unpaired) electrons. The number of primary amides is 1. The molecule has 3 aromatic rings. The molecule has 30 heavy (non-hydrogen) atoms. The molecule has 0 spiro atoms. The monoisotopic (exact) mass is 406 g/mol. The lowest BCUT2D eigenvalue weighted by Crippen LogP contribution is -2.36. The van der Waals surface area contributed by atoms with E-state index < -0.39 is 18.0 Å². The Bertz CT molecular complexity index is 1070. The van der Waals surface area contributed by atoms with E-state index in [-0.39, 0.29) is 24.5 Å². The number of carbonyl (C=O) groups is 2. The van der Waals surface area contributed by atoms with Crippen LogP contribution in [0.25, 0.3) is 0 Å². The van der Waals surface area contributed by atoms with Gasteiger partial charge in [0.2, 0.25) is 5.91 Å². The Kier molecular flexibility index (Phi) is 5.30. The zero-order chi connectivity index (χ0) is 21.1. The summed E-state index contributed by atoms with van der Waals surface area (Å²) < 4.78 is 18.8. The van der Waals surface area contributed by atoms with Crippen LogP contribution < -0.4 is 16.0 Å². The molecular formula is C22H19FN4O3. The molecular weight excluding hydrogens is 387 g/mol. The van der Waals surface area contributed by atoms with Gasteiger partial charge in [-0.3, -0.25) is 4.79 Å². The maximum Gasteiger partial charge on any atom is 0.340 e. The van der Waals surface area contributed by atoms with Crippen molar-refractivity contribution in [3.8, 4) is 0 Å². The van der Waals surface area contributed by atoms with Crippen molar-refractivity contribution in [2.45, 2.75) is 12.8 Å². The topological polar surface area (TPSA) is 97.6 Å². The van der Waals surface area contributed by atoms with E-state index in [2.05, 4.69) is 10.3 Å². The third kappa shape index (κ3) is 3.93. The second-order valence-electron chi connectivity index (χ2n) is 6.81. The maximum absolute atomic E-state index is 13.4. The SMILES string of the molecule is NC(=O)CN1c2c(C(=O)OCc3ccccc3)ccnc2NC1c1ccc(F)cc1. The molecule has 0 fully saturated rings. The first-order chi connectivity index (χ1) is 14.5. The molecule has 1 aliphatic rings. The Morgan fingerprint density at radius 3 is 2.53 bits per heavy atom. The fourth-order valence-corrected chi connectivity index (χ4v) is 3.40. The number of amides is 1. The van der Waals surface area contributed by atoms with Crippen molar-refractivity contribution in [3.63, 3.8) is 0 Å². The molecule has 1 atom stereocenters. The average Bonchev–Trinajstić information content (AvgIpc) is 3.11. The molecule has 0 bridgehead atoms. The zero-order valence-corrected chi connectivity index (χ0v) is 15.9. The van der Waals surface area contributed by atoms with Gasteiger partial charge in [0.25, 0.3) is 0 Å². The number of fused-ring (bicyclic) bond motifs is 1. The number of anilines is 2. The Hall–Kier alpha value is -3.94. The predicted molar refractivity (Wildman–Crippen MR) is 109 cm³/mol. The molecule has 7 nitrogen and oxygen atoms in total. The fourth-order valence-electron chi connectivity index (χ4n) is 3.40. The summed E-state index contributed by atoms with van der Waals surface area (Å²) in [4.78, 5) is 30.5. The number of nitrogens with one attached hydrogen (secondary N) is 1. The quantitative estimate of drug-likeness (QED) is 0.611. The van der Waals surface area contributed by atoms with Crippen LogP contribution >= 0.6 is 0 Å². The number of halogens is 1. The van der Waals surface area contributed by atoms with Gasteiger partial charge >= 0.3 is 5.97 Å². The first kappa shape index (κ1) is 19.4. The predicted octanol–water partition coefficient (Wildman–Crippen LogP) is 2.99. The van der Waals surface area contributed by atoms with Crippen molar-refractivity contribution in [2.24, 2.45) is 5.73 Å². The Labute approximate surface area is 172 Å². The highest BCUT2D eigenvalue weighted by molar-refractivity contribution is 6.01. The highest BCUT2D eigenvalue weighted by atomic mass is 19.1. The molecule has 4 rings (SSSR count). The van der Waals surface area contributed by atoms with E-state index >= 15 is 0 Å². The molecule has 2 heterocycles. The highest BCUT2D eigenvalue weighted by Gasteiger charge is 2.35. The normalized spacial score (nSPS) is 14.7. The summed E-state index contributed by atoms with van der Waals surface area (Å²) in [5, 5.41) is 3.17. The molecule has 8 heteroatoms. The first-order valence-corrected chi connectivity index (χ1v) is 9.30. The minimum absolute atomic E-state index is 0.113. The van der Waals surface area contributed by atoms with Gasteiger partial charge in [-0.05, 0) is 29.3 Å². The summed E-state index contributed by atoms with van der Waals surface area (Å²) in [6, 6.07) is 16.7. The summed E-state index contributed by atoms with van der Waals surface area (Å²) in [5.41, 5.74) is 7.68. The van der Waals surface area contributed by atoms with Crippen LogP contribution in [0.15, 0.2) is 66.9 Å². The second kappa shape index (κ2) is 8.20. The third-order valence-corrected chi connectivity index (χ3v) is 4.74. The van der Waals surface area contributed by atoms with Gasteiger partial charge in [0.1, 0.15) is 18.6 Å². The number of aromatic nitrogens is 1. The minimum Gasteiger partial charge on any atom is -0.457 e. The number of benzene rings is 2. The van der Waals surface area contributed by atoms with Gasteiger partial charge in [-0.25, -0.2) is 14.2 Å². The van der Waals surface area contributed by atoms with Gasteiger partial charge in [-0.1, -0.05) is 42.5 Å². The van der Waals surface area contributed by atoms with E-state index in [0.717, 1.165) is 5.56 Å². The molecule has 1 aromatic heterocycles. The maximum atomic E-state index is 13.4. The zero-order valence-electron chi connectivity index (χ0n) is 15.9. The van der Waals surface area contributed by atoms with E-state index in [9.17, 15) is 14.0 Å². The van der Waals surface area contributed by atoms with Crippen molar-refractivity contribution < 1.29 is 18.7 Å². The van der Waals surface area contributed by atoms with Gasteiger partial charge in [0.05, 0.1) is 17.8 Å². The van der Waals surface area contributed by atoms with Crippen molar-refractivity contribution in [2.75, 3.05) is 16.8 Å². The van der Waals surface area contributed by atoms with Gasteiger partial charge in [0.15, 0.2) is 5.82 Å². The Morgan fingerprint density at radius 1 is 1.10 bits per heavy atom. The molecule has 0 aliphatic carbocycles. The molecule has 3 N–H and O–H groups in total.